The van der Waals surface area contributed by atoms with Gasteiger partial charge in [0.2, 0.25) is 0 Å². The molecule has 0 radical (unpaired) electrons. The van der Waals surface area contributed by atoms with E-state index in [0.717, 1.165) is 25.5 Å². The number of hydrogen-bond donors (Lipinski definition) is 1. The molecular formula is C17H28N2O. The lowest BCUT2D eigenvalue weighted by Crippen LogP contribution is -2.37. The van der Waals surface area contributed by atoms with Crippen LogP contribution in [0.1, 0.15) is 44.7 Å². The number of anilines is 1. The summed E-state index contributed by atoms with van der Waals surface area (Å²) in [5, 5.41) is 0. The molecule has 1 aromatic carbocycles. The van der Waals surface area contributed by atoms with Gasteiger partial charge in [0.1, 0.15) is 0 Å². The fourth-order valence-electron chi connectivity index (χ4n) is 2.74. The first-order valence-corrected chi connectivity index (χ1v) is 7.78. The van der Waals surface area contributed by atoms with Gasteiger partial charge in [-0.25, -0.2) is 0 Å². The molecule has 3 heteroatoms. The van der Waals surface area contributed by atoms with Crippen LogP contribution >= 0.6 is 0 Å². The predicted octanol–water partition coefficient (Wildman–Crippen LogP) is 3.35. The Bertz CT molecular complexity index is 400. The number of ether oxygens (including phenoxy) is 1. The molecule has 2 rings (SSSR count). The van der Waals surface area contributed by atoms with Crippen molar-refractivity contribution in [1.82, 2.24) is 0 Å². The van der Waals surface area contributed by atoms with Gasteiger partial charge in [-0.05, 0) is 49.8 Å². The maximum Gasteiger partial charge on any atom is 0.0637 e. The zero-order valence-electron chi connectivity index (χ0n) is 13.0. The van der Waals surface area contributed by atoms with Crippen LogP contribution < -0.4 is 10.6 Å². The van der Waals surface area contributed by atoms with Crippen LogP contribution in [0.4, 0.5) is 5.69 Å². The Labute approximate surface area is 123 Å². The molecule has 0 aliphatic heterocycles. The van der Waals surface area contributed by atoms with Crippen LogP contribution in [0.25, 0.3) is 0 Å². The van der Waals surface area contributed by atoms with E-state index >= 15 is 0 Å². The quantitative estimate of drug-likeness (QED) is 0.791. The third kappa shape index (κ3) is 3.74. The van der Waals surface area contributed by atoms with Gasteiger partial charge < -0.3 is 15.4 Å². The number of nitrogens with two attached hydrogens (primary N) is 1. The second-order valence-electron chi connectivity index (χ2n) is 5.87. The fourth-order valence-corrected chi connectivity index (χ4v) is 2.74. The standard InChI is InChI=1S/C17H28N2O/c1-4-17(18)15-7-9-16(10-8-15)19(11-12-20-3)13(2)14-5-6-14/h7-10,13-14,17H,4-6,11-12,18H2,1-3H3/t13?,17-/m1/s1. The van der Waals surface area contributed by atoms with Gasteiger partial charge in [0.25, 0.3) is 0 Å². The molecule has 2 N–H and O–H groups in total. The van der Waals surface area contributed by atoms with E-state index in [1.807, 2.05) is 0 Å². The topological polar surface area (TPSA) is 38.5 Å². The third-order valence-corrected chi connectivity index (χ3v) is 4.42. The lowest BCUT2D eigenvalue weighted by Gasteiger charge is -2.31. The van der Waals surface area contributed by atoms with E-state index in [1.54, 1.807) is 7.11 Å². The van der Waals surface area contributed by atoms with Gasteiger partial charge in [-0.1, -0.05) is 19.1 Å². The minimum Gasteiger partial charge on any atom is -0.383 e. The maximum atomic E-state index is 6.09. The van der Waals surface area contributed by atoms with E-state index in [9.17, 15) is 0 Å². The van der Waals surface area contributed by atoms with E-state index < -0.39 is 0 Å². The Morgan fingerprint density at radius 1 is 1.30 bits per heavy atom. The number of methoxy groups -OCH3 is 1. The summed E-state index contributed by atoms with van der Waals surface area (Å²) in [5.74, 6) is 0.851. The van der Waals surface area contributed by atoms with Crippen molar-refractivity contribution in [2.45, 2.75) is 45.2 Å². The van der Waals surface area contributed by atoms with Crippen LogP contribution in [0.15, 0.2) is 24.3 Å². The number of nitrogens with zero attached hydrogens (tertiary/aromatic N) is 1. The largest absolute Gasteiger partial charge is 0.383 e. The fraction of sp³-hybridized carbons (Fsp3) is 0.647. The Morgan fingerprint density at radius 3 is 2.45 bits per heavy atom. The average molecular weight is 276 g/mol. The predicted molar refractivity (Wildman–Crippen MR) is 85.1 cm³/mol. The number of benzene rings is 1. The van der Waals surface area contributed by atoms with Crippen molar-refractivity contribution in [3.05, 3.63) is 29.8 Å². The first kappa shape index (κ1) is 15.3. The van der Waals surface area contributed by atoms with Gasteiger partial charge in [0.05, 0.1) is 6.61 Å². The monoisotopic (exact) mass is 276 g/mol. The number of hydrogen-bond acceptors (Lipinski definition) is 3. The van der Waals surface area contributed by atoms with Gasteiger partial charge in [0.15, 0.2) is 0 Å². The van der Waals surface area contributed by atoms with Crippen molar-refractivity contribution in [2.24, 2.45) is 11.7 Å². The Kier molecular flexibility index (Phi) is 5.44. The molecule has 0 heterocycles. The first-order chi connectivity index (χ1) is 9.67. The summed E-state index contributed by atoms with van der Waals surface area (Å²) >= 11 is 0. The highest BCUT2D eigenvalue weighted by molar-refractivity contribution is 5.49. The van der Waals surface area contributed by atoms with Crippen molar-refractivity contribution < 1.29 is 4.74 Å². The Morgan fingerprint density at radius 2 is 1.95 bits per heavy atom. The van der Waals surface area contributed by atoms with Crippen LogP contribution in [0.3, 0.4) is 0 Å². The van der Waals surface area contributed by atoms with Crippen molar-refractivity contribution in [2.75, 3.05) is 25.2 Å². The first-order valence-electron chi connectivity index (χ1n) is 7.78. The van der Waals surface area contributed by atoms with Crippen molar-refractivity contribution in [3.63, 3.8) is 0 Å². The summed E-state index contributed by atoms with van der Waals surface area (Å²) in [6.07, 6.45) is 3.71. The summed E-state index contributed by atoms with van der Waals surface area (Å²) in [5.41, 5.74) is 8.59. The van der Waals surface area contributed by atoms with Crippen molar-refractivity contribution >= 4 is 5.69 Å². The highest BCUT2D eigenvalue weighted by Gasteiger charge is 2.32. The van der Waals surface area contributed by atoms with E-state index in [2.05, 4.69) is 43.0 Å². The molecule has 1 fully saturated rings. The average Bonchev–Trinajstić information content (AvgIpc) is 3.32. The minimum absolute atomic E-state index is 0.150. The van der Waals surface area contributed by atoms with Crippen molar-refractivity contribution in [3.8, 4) is 0 Å². The molecule has 1 aliphatic carbocycles. The zero-order chi connectivity index (χ0) is 14.5. The number of rotatable bonds is 8. The summed E-state index contributed by atoms with van der Waals surface area (Å²) in [6.45, 7) is 6.18. The van der Waals surface area contributed by atoms with E-state index in [-0.39, 0.29) is 6.04 Å². The van der Waals surface area contributed by atoms with Crippen LogP contribution in [0.5, 0.6) is 0 Å². The lowest BCUT2D eigenvalue weighted by atomic mass is 10.0. The molecule has 0 aromatic heterocycles. The molecule has 0 bridgehead atoms. The molecule has 2 atom stereocenters. The second kappa shape index (κ2) is 7.09. The van der Waals surface area contributed by atoms with Gasteiger partial charge in [-0.2, -0.15) is 0 Å². The van der Waals surface area contributed by atoms with Gasteiger partial charge in [-0.3, -0.25) is 0 Å². The molecule has 0 spiro atoms. The molecule has 0 amide bonds. The maximum absolute atomic E-state index is 6.09. The normalized spacial score (nSPS) is 17.8. The third-order valence-electron chi connectivity index (χ3n) is 4.42. The molecule has 0 saturated heterocycles. The Balaban J connectivity index is 2.10. The van der Waals surface area contributed by atoms with E-state index in [1.165, 1.54) is 24.1 Å². The molecule has 20 heavy (non-hydrogen) atoms. The molecular weight excluding hydrogens is 248 g/mol. The summed E-state index contributed by atoms with van der Waals surface area (Å²) in [7, 11) is 1.77. The van der Waals surface area contributed by atoms with E-state index in [0.29, 0.717) is 6.04 Å². The van der Waals surface area contributed by atoms with Crippen LogP contribution in [-0.4, -0.2) is 26.3 Å². The molecule has 1 aromatic rings. The Hall–Kier alpha value is -1.06. The van der Waals surface area contributed by atoms with Gasteiger partial charge >= 0.3 is 0 Å². The van der Waals surface area contributed by atoms with E-state index in [4.69, 9.17) is 10.5 Å². The van der Waals surface area contributed by atoms with Crippen LogP contribution in [0.2, 0.25) is 0 Å². The van der Waals surface area contributed by atoms with Gasteiger partial charge in [0, 0.05) is 31.4 Å². The van der Waals surface area contributed by atoms with Crippen molar-refractivity contribution in [1.29, 1.82) is 0 Å². The van der Waals surface area contributed by atoms with Crippen LogP contribution in [-0.2, 0) is 4.74 Å². The highest BCUT2D eigenvalue weighted by atomic mass is 16.5. The van der Waals surface area contributed by atoms with Gasteiger partial charge in [-0.15, -0.1) is 0 Å². The molecule has 1 aliphatic rings. The lowest BCUT2D eigenvalue weighted by molar-refractivity contribution is 0.202. The smallest absolute Gasteiger partial charge is 0.0637 e. The molecule has 3 nitrogen and oxygen atoms in total. The minimum atomic E-state index is 0.150. The molecule has 1 saturated carbocycles. The summed E-state index contributed by atoms with van der Waals surface area (Å²) in [6, 6.07) is 9.50. The summed E-state index contributed by atoms with van der Waals surface area (Å²) in [4.78, 5) is 2.47. The highest BCUT2D eigenvalue weighted by Crippen LogP contribution is 2.37. The zero-order valence-corrected chi connectivity index (χ0v) is 13.0. The van der Waals surface area contributed by atoms with Crippen LogP contribution in [0, 0.1) is 5.92 Å². The summed E-state index contributed by atoms with van der Waals surface area (Å²) < 4.78 is 5.26. The molecule has 112 valence electrons. The SMILES string of the molecule is CC[C@@H](N)c1ccc(N(CCOC)C(C)C2CC2)cc1. The second-order valence-corrected chi connectivity index (χ2v) is 5.87. The molecule has 1 unspecified atom stereocenters.